The molecule has 0 fully saturated rings. The highest BCUT2D eigenvalue weighted by Crippen LogP contribution is 2.28. The van der Waals surface area contributed by atoms with Crippen LogP contribution in [0.2, 0.25) is 0 Å². The first-order chi connectivity index (χ1) is 11.3. The van der Waals surface area contributed by atoms with Crippen LogP contribution in [0, 0.1) is 0 Å². The molecule has 1 aromatic heterocycles. The van der Waals surface area contributed by atoms with Gasteiger partial charge in [0, 0.05) is 29.8 Å². The van der Waals surface area contributed by atoms with Crippen LogP contribution < -0.4 is 10.1 Å². The van der Waals surface area contributed by atoms with Crippen LogP contribution in [-0.4, -0.2) is 28.4 Å². The van der Waals surface area contributed by atoms with E-state index in [2.05, 4.69) is 15.5 Å². The number of phenols is 1. The summed E-state index contributed by atoms with van der Waals surface area (Å²) in [5.41, 5.74) is 2.72. The van der Waals surface area contributed by atoms with Gasteiger partial charge in [-0.25, -0.2) is 0 Å². The number of rotatable bonds is 2. The molecule has 0 spiro atoms. The second-order valence-electron chi connectivity index (χ2n) is 5.32. The predicted octanol–water partition coefficient (Wildman–Crippen LogP) is 2.59. The minimum Gasteiger partial charge on any atom is -0.508 e. The Hall–Kier alpha value is -2.86. The molecule has 3 aromatic rings. The molecule has 6 nitrogen and oxygen atoms in total. The van der Waals surface area contributed by atoms with Crippen molar-refractivity contribution in [3.8, 4) is 34.3 Å². The fourth-order valence-corrected chi connectivity index (χ4v) is 2.52. The molecule has 1 aliphatic heterocycles. The second kappa shape index (κ2) is 5.73. The molecule has 0 aliphatic carbocycles. The Kier molecular flexibility index (Phi) is 3.44. The molecule has 0 atom stereocenters. The number of nitrogens with one attached hydrogen (secondary N) is 1. The average Bonchev–Trinajstić information content (AvgIpc) is 2.94. The van der Waals surface area contributed by atoms with Crippen molar-refractivity contribution in [3.05, 3.63) is 48.0 Å². The normalized spacial score (nSPS) is 13.9. The Morgan fingerprint density at radius 1 is 1.04 bits per heavy atom. The summed E-state index contributed by atoms with van der Waals surface area (Å²) in [6.07, 6.45) is 0. The molecule has 0 amide bonds. The molecule has 4 rings (SSSR count). The minimum atomic E-state index is 0.204. The zero-order valence-electron chi connectivity index (χ0n) is 12.3. The van der Waals surface area contributed by atoms with E-state index in [9.17, 15) is 5.11 Å². The Morgan fingerprint density at radius 3 is 2.74 bits per heavy atom. The van der Waals surface area contributed by atoms with Crippen LogP contribution in [-0.2, 0) is 6.54 Å². The van der Waals surface area contributed by atoms with Crippen molar-refractivity contribution >= 4 is 0 Å². The van der Waals surface area contributed by atoms with Gasteiger partial charge < -0.3 is 19.7 Å². The first-order valence-electron chi connectivity index (χ1n) is 7.39. The van der Waals surface area contributed by atoms with E-state index in [1.165, 1.54) is 0 Å². The zero-order valence-corrected chi connectivity index (χ0v) is 12.3. The van der Waals surface area contributed by atoms with Crippen molar-refractivity contribution in [3.63, 3.8) is 0 Å². The number of hydrogen-bond donors (Lipinski definition) is 2. The largest absolute Gasteiger partial charge is 0.508 e. The number of fused-ring (bicyclic) bond motifs is 1. The third kappa shape index (κ3) is 2.76. The highest BCUT2D eigenvalue weighted by Gasteiger charge is 2.14. The summed E-state index contributed by atoms with van der Waals surface area (Å²) in [4.78, 5) is 4.43. The number of benzene rings is 2. The molecule has 0 unspecified atom stereocenters. The maximum absolute atomic E-state index is 9.34. The summed E-state index contributed by atoms with van der Waals surface area (Å²) >= 11 is 0. The van der Waals surface area contributed by atoms with Crippen LogP contribution in [0.1, 0.15) is 5.56 Å². The summed E-state index contributed by atoms with van der Waals surface area (Å²) in [6.45, 7) is 2.25. The minimum absolute atomic E-state index is 0.204. The first-order valence-corrected chi connectivity index (χ1v) is 7.39. The molecule has 2 heterocycles. The van der Waals surface area contributed by atoms with Gasteiger partial charge in [0.2, 0.25) is 5.82 Å². The molecule has 23 heavy (non-hydrogen) atoms. The van der Waals surface area contributed by atoms with E-state index in [4.69, 9.17) is 9.26 Å². The summed E-state index contributed by atoms with van der Waals surface area (Å²) in [5.74, 6) is 2.04. The Morgan fingerprint density at radius 2 is 1.87 bits per heavy atom. The van der Waals surface area contributed by atoms with Gasteiger partial charge >= 0.3 is 0 Å². The van der Waals surface area contributed by atoms with Gasteiger partial charge in [0.1, 0.15) is 18.1 Å². The highest BCUT2D eigenvalue weighted by atomic mass is 16.5. The average molecular weight is 309 g/mol. The van der Waals surface area contributed by atoms with Gasteiger partial charge in [-0.05, 0) is 42.5 Å². The molecule has 0 saturated carbocycles. The van der Waals surface area contributed by atoms with E-state index in [1.807, 2.05) is 18.2 Å². The van der Waals surface area contributed by atoms with Gasteiger partial charge in [0.05, 0.1) is 0 Å². The number of aromatic hydroxyl groups is 1. The van der Waals surface area contributed by atoms with Crippen LogP contribution in [0.5, 0.6) is 11.5 Å². The lowest BCUT2D eigenvalue weighted by Gasteiger charge is -2.06. The quantitative estimate of drug-likeness (QED) is 0.757. The van der Waals surface area contributed by atoms with E-state index in [0.29, 0.717) is 18.3 Å². The molecule has 6 heteroatoms. The van der Waals surface area contributed by atoms with Crippen LogP contribution in [0.25, 0.3) is 22.8 Å². The Balaban J connectivity index is 1.66. The smallest absolute Gasteiger partial charge is 0.258 e. The lowest BCUT2D eigenvalue weighted by Crippen LogP contribution is -2.16. The maximum atomic E-state index is 9.34. The van der Waals surface area contributed by atoms with E-state index in [0.717, 1.165) is 35.5 Å². The molecule has 0 bridgehead atoms. The second-order valence-corrected chi connectivity index (χ2v) is 5.32. The topological polar surface area (TPSA) is 80.4 Å². The van der Waals surface area contributed by atoms with Crippen LogP contribution in [0.4, 0.5) is 0 Å². The number of ether oxygens (including phenoxy) is 1. The molecule has 2 N–H and O–H groups in total. The third-order valence-electron chi connectivity index (χ3n) is 3.71. The van der Waals surface area contributed by atoms with E-state index < -0.39 is 0 Å². The van der Waals surface area contributed by atoms with Gasteiger partial charge in [-0.15, -0.1) is 0 Å². The Labute approximate surface area is 132 Å². The third-order valence-corrected chi connectivity index (χ3v) is 3.71. The van der Waals surface area contributed by atoms with Gasteiger partial charge in [-0.3, -0.25) is 0 Å². The first kappa shape index (κ1) is 13.8. The molecular formula is C17H15N3O3. The van der Waals surface area contributed by atoms with E-state index in [1.54, 1.807) is 24.3 Å². The highest BCUT2D eigenvalue weighted by molar-refractivity contribution is 5.62. The van der Waals surface area contributed by atoms with Crippen molar-refractivity contribution in [2.24, 2.45) is 0 Å². The maximum Gasteiger partial charge on any atom is 0.258 e. The van der Waals surface area contributed by atoms with Crippen molar-refractivity contribution in [2.45, 2.75) is 6.54 Å². The summed E-state index contributed by atoms with van der Waals surface area (Å²) < 4.78 is 11.0. The monoisotopic (exact) mass is 309 g/mol. The summed E-state index contributed by atoms with van der Waals surface area (Å²) in [7, 11) is 0. The number of phenolic OH excluding ortho intramolecular Hbond substituents is 1. The van der Waals surface area contributed by atoms with Crippen molar-refractivity contribution in [2.75, 3.05) is 13.2 Å². The molecular weight excluding hydrogens is 294 g/mol. The summed E-state index contributed by atoms with van der Waals surface area (Å²) in [6, 6.07) is 12.5. The number of hydrogen-bond acceptors (Lipinski definition) is 6. The van der Waals surface area contributed by atoms with Crippen LogP contribution in [0.15, 0.2) is 47.0 Å². The van der Waals surface area contributed by atoms with Gasteiger partial charge in [-0.1, -0.05) is 5.16 Å². The molecule has 2 aromatic carbocycles. The van der Waals surface area contributed by atoms with Crippen LogP contribution >= 0.6 is 0 Å². The molecule has 1 aliphatic rings. The SMILES string of the molecule is Oc1ccc(-c2noc(-c3ccc4c(c3)CNCCO4)n2)cc1. The Bertz CT molecular complexity index is 827. The van der Waals surface area contributed by atoms with Gasteiger partial charge in [0.25, 0.3) is 5.89 Å². The molecule has 0 radical (unpaired) electrons. The van der Waals surface area contributed by atoms with Gasteiger partial charge in [0.15, 0.2) is 0 Å². The predicted molar refractivity (Wildman–Crippen MR) is 84.0 cm³/mol. The standard InChI is InChI=1S/C17H15N3O3/c21-14-4-1-11(2-5-14)16-19-17(23-20-16)12-3-6-15-13(9-12)10-18-7-8-22-15/h1-6,9,18,21H,7-8,10H2. The van der Waals surface area contributed by atoms with E-state index in [-0.39, 0.29) is 5.75 Å². The lowest BCUT2D eigenvalue weighted by molar-refractivity contribution is 0.326. The van der Waals surface area contributed by atoms with Crippen molar-refractivity contribution < 1.29 is 14.4 Å². The van der Waals surface area contributed by atoms with Crippen molar-refractivity contribution in [1.29, 1.82) is 0 Å². The van der Waals surface area contributed by atoms with Crippen LogP contribution in [0.3, 0.4) is 0 Å². The lowest BCUT2D eigenvalue weighted by atomic mass is 10.1. The molecule has 0 saturated heterocycles. The van der Waals surface area contributed by atoms with Crippen molar-refractivity contribution in [1.82, 2.24) is 15.5 Å². The van der Waals surface area contributed by atoms with E-state index >= 15 is 0 Å². The number of nitrogens with zero attached hydrogens (tertiary/aromatic N) is 2. The fraction of sp³-hybridized carbons (Fsp3) is 0.176. The fourth-order valence-electron chi connectivity index (χ4n) is 2.52. The summed E-state index contributed by atoms with van der Waals surface area (Å²) in [5, 5.41) is 16.7. The number of aromatic nitrogens is 2. The van der Waals surface area contributed by atoms with Gasteiger partial charge in [-0.2, -0.15) is 4.98 Å². The molecule has 116 valence electrons. The zero-order chi connectivity index (χ0) is 15.6.